The summed E-state index contributed by atoms with van der Waals surface area (Å²) in [5, 5.41) is 6.39. The molecule has 0 aromatic heterocycles. The topological polar surface area (TPSA) is 98.0 Å². The number of nitrogens with zero attached hydrogens (tertiary/aromatic N) is 1. The number of hydrogen-bond acceptors (Lipinski definition) is 4. The Morgan fingerprint density at radius 3 is 2.75 bits per heavy atom. The number of carbonyl (C=O) groups excluding carboxylic acids is 1. The number of guanidine groups is 1. The highest BCUT2D eigenvalue weighted by molar-refractivity contribution is 14.0. The Labute approximate surface area is 184 Å². The summed E-state index contributed by atoms with van der Waals surface area (Å²) < 4.78 is 11.5. The van der Waals surface area contributed by atoms with Gasteiger partial charge in [-0.3, -0.25) is 4.79 Å². The fourth-order valence-electron chi connectivity index (χ4n) is 2.59. The second kappa shape index (κ2) is 11.5. The van der Waals surface area contributed by atoms with E-state index in [1.165, 1.54) is 0 Å². The number of primary amides is 1. The molecule has 7 nitrogen and oxygen atoms in total. The maximum atomic E-state index is 11.5. The van der Waals surface area contributed by atoms with E-state index in [1.54, 1.807) is 0 Å². The van der Waals surface area contributed by atoms with Crippen molar-refractivity contribution in [3.63, 3.8) is 0 Å². The number of ether oxygens (including phenoxy) is 2. The van der Waals surface area contributed by atoms with Gasteiger partial charge in [-0.1, -0.05) is 12.1 Å². The molecule has 1 unspecified atom stereocenters. The summed E-state index contributed by atoms with van der Waals surface area (Å²) in [4.78, 5) is 16.1. The van der Waals surface area contributed by atoms with Crippen LogP contribution in [0.3, 0.4) is 0 Å². The lowest BCUT2D eigenvalue weighted by atomic mass is 9.93. The Balaban J connectivity index is 0.00000392. The number of nitrogens with two attached hydrogens (primary N) is 1. The summed E-state index contributed by atoms with van der Waals surface area (Å²) >= 11 is 0. The number of amides is 1. The van der Waals surface area contributed by atoms with E-state index in [0.717, 1.165) is 36.4 Å². The van der Waals surface area contributed by atoms with Crippen molar-refractivity contribution < 1.29 is 14.3 Å². The minimum atomic E-state index is -0.656. The number of nitrogens with one attached hydrogen (secondary N) is 2. The zero-order valence-corrected chi connectivity index (χ0v) is 19.5. The van der Waals surface area contributed by atoms with Crippen LogP contribution in [0.2, 0.25) is 0 Å². The van der Waals surface area contributed by atoms with E-state index in [1.807, 2.05) is 39.8 Å². The molecule has 1 aliphatic rings. The van der Waals surface area contributed by atoms with Gasteiger partial charge in [0.1, 0.15) is 11.9 Å². The van der Waals surface area contributed by atoms with E-state index in [2.05, 4.69) is 21.7 Å². The number of rotatable bonds is 8. The fourth-order valence-corrected chi connectivity index (χ4v) is 2.59. The molecule has 0 saturated carbocycles. The first-order valence-electron chi connectivity index (χ1n) is 9.48. The molecule has 0 radical (unpaired) electrons. The van der Waals surface area contributed by atoms with Gasteiger partial charge >= 0.3 is 0 Å². The molecule has 1 aromatic rings. The van der Waals surface area contributed by atoms with Crippen LogP contribution in [-0.4, -0.2) is 44.3 Å². The molecular weight excluding hydrogens is 471 g/mol. The van der Waals surface area contributed by atoms with Gasteiger partial charge in [0.05, 0.1) is 25.2 Å². The average molecular weight is 504 g/mol. The third-order valence-corrected chi connectivity index (χ3v) is 4.52. The van der Waals surface area contributed by atoms with Gasteiger partial charge in [0.15, 0.2) is 5.96 Å². The molecule has 0 aliphatic carbocycles. The highest BCUT2D eigenvalue weighted by atomic mass is 127. The molecule has 1 heterocycles. The number of benzene rings is 1. The molecular formula is C20H33IN4O3. The molecule has 1 aromatic carbocycles. The number of halogens is 1. The Kier molecular flexibility index (Phi) is 10.0. The molecule has 28 heavy (non-hydrogen) atoms. The molecule has 8 heteroatoms. The quantitative estimate of drug-likeness (QED) is 0.287. The van der Waals surface area contributed by atoms with Crippen LogP contribution < -0.4 is 21.1 Å². The molecule has 1 atom stereocenters. The monoisotopic (exact) mass is 504 g/mol. The van der Waals surface area contributed by atoms with Crippen LogP contribution in [0, 0.1) is 12.3 Å². The highest BCUT2D eigenvalue weighted by Crippen LogP contribution is 2.24. The minimum Gasteiger partial charge on any atom is -0.488 e. The van der Waals surface area contributed by atoms with Crippen LogP contribution in [0.15, 0.2) is 23.2 Å². The lowest BCUT2D eigenvalue weighted by Gasteiger charge is -2.22. The first-order chi connectivity index (χ1) is 12.8. The average Bonchev–Trinajstić information content (AvgIpc) is 3.11. The van der Waals surface area contributed by atoms with Gasteiger partial charge < -0.3 is 25.8 Å². The highest BCUT2D eigenvalue weighted by Gasteiger charge is 2.25. The smallest absolute Gasteiger partial charge is 0.224 e. The molecule has 4 N–H and O–H groups in total. The maximum absolute atomic E-state index is 11.5. The van der Waals surface area contributed by atoms with Crippen molar-refractivity contribution >= 4 is 35.8 Å². The summed E-state index contributed by atoms with van der Waals surface area (Å²) in [5.41, 5.74) is 6.94. The van der Waals surface area contributed by atoms with E-state index >= 15 is 0 Å². The van der Waals surface area contributed by atoms with Crippen molar-refractivity contribution in [3.05, 3.63) is 29.3 Å². The second-order valence-electron chi connectivity index (χ2n) is 7.51. The molecule has 1 amide bonds. The molecule has 158 valence electrons. The van der Waals surface area contributed by atoms with Gasteiger partial charge in [0.25, 0.3) is 0 Å². The predicted octanol–water partition coefficient (Wildman–Crippen LogP) is 2.35. The summed E-state index contributed by atoms with van der Waals surface area (Å²) in [7, 11) is 0. The third-order valence-electron chi connectivity index (χ3n) is 4.52. The predicted molar refractivity (Wildman–Crippen MR) is 122 cm³/mol. The maximum Gasteiger partial charge on any atom is 0.224 e. The van der Waals surface area contributed by atoms with Gasteiger partial charge in [-0.2, -0.15) is 0 Å². The van der Waals surface area contributed by atoms with Crippen molar-refractivity contribution in [1.82, 2.24) is 10.6 Å². The van der Waals surface area contributed by atoms with Crippen LogP contribution in [-0.2, 0) is 16.1 Å². The fraction of sp³-hybridized carbons (Fsp3) is 0.600. The zero-order chi connectivity index (χ0) is 19.9. The summed E-state index contributed by atoms with van der Waals surface area (Å²) in [6.07, 6.45) is 1.00. The molecule has 0 spiro atoms. The van der Waals surface area contributed by atoms with E-state index in [0.29, 0.717) is 25.7 Å². The zero-order valence-electron chi connectivity index (χ0n) is 17.2. The number of aryl methyl sites for hydroxylation is 1. The van der Waals surface area contributed by atoms with Gasteiger partial charge in [0.2, 0.25) is 5.91 Å². The summed E-state index contributed by atoms with van der Waals surface area (Å²) in [5.74, 6) is 1.14. The number of hydrogen-bond donors (Lipinski definition) is 3. The molecule has 1 saturated heterocycles. The third kappa shape index (κ3) is 7.46. The Morgan fingerprint density at radius 2 is 2.14 bits per heavy atom. The first-order valence-corrected chi connectivity index (χ1v) is 9.48. The van der Waals surface area contributed by atoms with Crippen LogP contribution in [0.1, 0.15) is 38.3 Å². The van der Waals surface area contributed by atoms with Crippen LogP contribution in [0.5, 0.6) is 5.75 Å². The largest absolute Gasteiger partial charge is 0.488 e. The van der Waals surface area contributed by atoms with Crippen molar-refractivity contribution in [2.24, 2.45) is 16.1 Å². The van der Waals surface area contributed by atoms with Crippen molar-refractivity contribution in [1.29, 1.82) is 0 Å². The summed E-state index contributed by atoms with van der Waals surface area (Å²) in [6, 6.07) is 6.14. The van der Waals surface area contributed by atoms with Gasteiger partial charge in [0, 0.05) is 25.1 Å². The van der Waals surface area contributed by atoms with E-state index < -0.39 is 5.41 Å². The van der Waals surface area contributed by atoms with Crippen LogP contribution >= 0.6 is 24.0 Å². The lowest BCUT2D eigenvalue weighted by Crippen LogP contribution is -2.46. The molecule has 1 aliphatic heterocycles. The molecule has 1 fully saturated rings. The van der Waals surface area contributed by atoms with Gasteiger partial charge in [-0.25, -0.2) is 4.99 Å². The van der Waals surface area contributed by atoms with Crippen LogP contribution in [0.25, 0.3) is 0 Å². The van der Waals surface area contributed by atoms with E-state index in [-0.39, 0.29) is 36.0 Å². The van der Waals surface area contributed by atoms with Gasteiger partial charge in [-0.15, -0.1) is 24.0 Å². The number of aliphatic imine (C=N–C) groups is 1. The Hall–Kier alpha value is -1.55. The van der Waals surface area contributed by atoms with Crippen molar-refractivity contribution in [3.8, 4) is 5.75 Å². The van der Waals surface area contributed by atoms with Crippen LogP contribution in [0.4, 0.5) is 0 Å². The molecule has 0 bridgehead atoms. The second-order valence-corrected chi connectivity index (χ2v) is 7.51. The number of carbonyl (C=O) groups is 1. The SMILES string of the molecule is CCNC(=NCc1ccc(C)cc1OC1CCOC1)NCC(C)(C)C(N)=O.I. The van der Waals surface area contributed by atoms with E-state index in [9.17, 15) is 4.79 Å². The Morgan fingerprint density at radius 1 is 1.39 bits per heavy atom. The standard InChI is InChI=1S/C20H32N4O3.HI/c1-5-22-19(24-13-20(3,4)18(21)25)23-11-15-7-6-14(2)10-17(15)27-16-8-9-26-12-16;/h6-7,10,16H,5,8-9,11-13H2,1-4H3,(H2,21,25)(H2,22,23,24);1H. The van der Waals surface area contributed by atoms with Gasteiger partial charge in [-0.05, 0) is 39.3 Å². The normalized spacial score (nSPS) is 17.0. The van der Waals surface area contributed by atoms with E-state index in [4.69, 9.17) is 15.2 Å². The minimum absolute atomic E-state index is 0. The van der Waals surface area contributed by atoms with Crippen molar-refractivity contribution in [2.75, 3.05) is 26.3 Å². The summed E-state index contributed by atoms with van der Waals surface area (Å²) in [6.45, 7) is 10.6. The lowest BCUT2D eigenvalue weighted by molar-refractivity contribution is -0.125. The van der Waals surface area contributed by atoms with Crippen molar-refractivity contribution in [2.45, 2.75) is 46.8 Å². The Bertz CT molecular complexity index is 673. The molecule has 2 rings (SSSR count). The first kappa shape index (κ1) is 24.5.